The molecule has 2 aliphatic rings. The highest BCUT2D eigenvalue weighted by Gasteiger charge is 2.32. The Balaban J connectivity index is 1.61. The maximum absolute atomic E-state index is 14.2. The summed E-state index contributed by atoms with van der Waals surface area (Å²) in [6, 6.07) is 11.7. The molecule has 1 heterocycles. The Morgan fingerprint density at radius 1 is 0.636 bits per heavy atom. The summed E-state index contributed by atoms with van der Waals surface area (Å²) < 4.78 is 0. The van der Waals surface area contributed by atoms with Gasteiger partial charge in [-0.3, -0.25) is 33.6 Å². The molecule has 296 valence electrons. The van der Waals surface area contributed by atoms with Gasteiger partial charge in [0, 0.05) is 36.2 Å². The molecule has 0 saturated heterocycles. The maximum Gasteiger partial charge on any atom is 0.244 e. The van der Waals surface area contributed by atoms with Crippen molar-refractivity contribution in [2.45, 2.75) is 108 Å². The third kappa shape index (κ3) is 14.1. The number of hydrogen-bond acceptors (Lipinski definition) is 8. The Morgan fingerprint density at radius 3 is 1.93 bits per heavy atom. The molecule has 0 radical (unpaired) electrons. The number of ketones is 1. The van der Waals surface area contributed by atoms with Crippen LogP contribution in [0.5, 0.6) is 0 Å². The Bertz CT molecular complexity index is 1660. The van der Waals surface area contributed by atoms with Crippen LogP contribution in [0.4, 0.5) is 0 Å². The van der Waals surface area contributed by atoms with Crippen molar-refractivity contribution in [2.24, 2.45) is 17.4 Å². The monoisotopic (exact) mass is 757 g/mol. The third-order valence-corrected chi connectivity index (χ3v) is 10.1. The number of nitrogens with two attached hydrogens (primary N) is 2. The van der Waals surface area contributed by atoms with Crippen molar-refractivity contribution < 1.29 is 33.6 Å². The van der Waals surface area contributed by atoms with Crippen LogP contribution in [0.15, 0.2) is 66.7 Å². The van der Waals surface area contributed by atoms with E-state index in [2.05, 4.69) is 26.6 Å². The molecule has 0 bridgehead atoms. The number of benzene rings is 2. The molecule has 6 amide bonds. The van der Waals surface area contributed by atoms with Crippen LogP contribution in [0.3, 0.4) is 0 Å². The Labute approximate surface area is 322 Å². The van der Waals surface area contributed by atoms with E-state index in [4.69, 9.17) is 11.5 Å². The van der Waals surface area contributed by atoms with Gasteiger partial charge in [0.05, 0.1) is 0 Å². The quantitative estimate of drug-likeness (QED) is 0.132. The highest BCUT2D eigenvalue weighted by atomic mass is 16.2. The first kappa shape index (κ1) is 42.4. The molecule has 1 fully saturated rings. The van der Waals surface area contributed by atoms with Crippen molar-refractivity contribution in [3.05, 3.63) is 83.4 Å². The zero-order valence-corrected chi connectivity index (χ0v) is 31.4. The largest absolute Gasteiger partial charge is 0.368 e. The van der Waals surface area contributed by atoms with E-state index in [1.54, 1.807) is 48.5 Å². The van der Waals surface area contributed by atoms with Crippen molar-refractivity contribution in [1.82, 2.24) is 26.6 Å². The van der Waals surface area contributed by atoms with Crippen LogP contribution >= 0.6 is 0 Å². The average molecular weight is 758 g/mol. The van der Waals surface area contributed by atoms with E-state index in [9.17, 15) is 33.6 Å². The molecule has 4 atom stereocenters. The van der Waals surface area contributed by atoms with Gasteiger partial charge in [0.1, 0.15) is 24.2 Å². The summed E-state index contributed by atoms with van der Waals surface area (Å²) in [5.41, 5.74) is 12.9. The molecule has 14 nitrogen and oxygen atoms in total. The van der Waals surface area contributed by atoms with Crippen LogP contribution in [0, 0.1) is 5.92 Å². The summed E-state index contributed by atoms with van der Waals surface area (Å²) in [5.74, 6) is -3.71. The third-order valence-electron chi connectivity index (χ3n) is 10.1. The molecular weight excluding hydrogens is 702 g/mol. The Kier molecular flexibility index (Phi) is 17.0. The van der Waals surface area contributed by atoms with Crippen molar-refractivity contribution in [3.63, 3.8) is 0 Å². The van der Waals surface area contributed by atoms with Gasteiger partial charge in [0.25, 0.3) is 0 Å². The number of rotatable bonds is 11. The molecule has 1 saturated carbocycles. The first-order chi connectivity index (χ1) is 26.5. The van der Waals surface area contributed by atoms with E-state index in [1.165, 1.54) is 0 Å². The number of amides is 6. The van der Waals surface area contributed by atoms with Gasteiger partial charge < -0.3 is 38.1 Å². The van der Waals surface area contributed by atoms with Gasteiger partial charge in [0.2, 0.25) is 35.4 Å². The number of unbranched alkanes of at least 4 members (excludes halogenated alkanes) is 1. The molecule has 2 aromatic carbocycles. The van der Waals surface area contributed by atoms with E-state index in [0.29, 0.717) is 55.3 Å². The summed E-state index contributed by atoms with van der Waals surface area (Å²) in [7, 11) is 0. The van der Waals surface area contributed by atoms with Crippen LogP contribution in [-0.4, -0.2) is 78.5 Å². The fourth-order valence-electron chi connectivity index (χ4n) is 6.97. The number of nitrogens with one attached hydrogen (secondary N) is 5. The summed E-state index contributed by atoms with van der Waals surface area (Å²) in [5, 5.41) is 13.8. The number of carbonyl (C=O) groups is 7. The smallest absolute Gasteiger partial charge is 0.244 e. The molecule has 1 aliphatic carbocycles. The zero-order chi connectivity index (χ0) is 39.6. The standard InChI is InChI=1S/C41H55N7O7/c42-23-9-7-16-32-40(54)48-34(25-27-11-3-1-4-12-27)41(55)47-33(26-28-17-19-30(20-18-28)37(51)29-13-5-2-6-14-29)39(53)44-24-10-8-15-31(38(43)52)45-35(49)21-22-36(50)46-32/h2,5-6,13-14,17-22,27,31-34H,1,3-4,7-12,15-16,23-26,42H2,(H2,43,52)(H,44,53)(H,45,49)(H,46,50)(H,47,55)(H,48,54)/b22-21+/t31-,32?,33+,34?/m0/s1. The first-order valence-electron chi connectivity index (χ1n) is 19.4. The molecule has 2 unspecified atom stereocenters. The summed E-state index contributed by atoms with van der Waals surface area (Å²) in [4.78, 5) is 92.4. The average Bonchev–Trinajstić information content (AvgIpc) is 3.18. The minimum absolute atomic E-state index is 0.0986. The lowest BCUT2D eigenvalue weighted by Gasteiger charge is -2.29. The molecule has 14 heteroatoms. The van der Waals surface area contributed by atoms with Crippen LogP contribution in [0.2, 0.25) is 0 Å². The maximum atomic E-state index is 14.2. The summed E-state index contributed by atoms with van der Waals surface area (Å²) >= 11 is 0. The van der Waals surface area contributed by atoms with Gasteiger partial charge in [-0.15, -0.1) is 0 Å². The zero-order valence-electron chi connectivity index (χ0n) is 31.4. The molecule has 55 heavy (non-hydrogen) atoms. The molecule has 9 N–H and O–H groups in total. The van der Waals surface area contributed by atoms with Gasteiger partial charge in [-0.1, -0.05) is 86.7 Å². The van der Waals surface area contributed by atoms with Crippen LogP contribution in [0.1, 0.15) is 98.5 Å². The SMILES string of the molecule is NCCCCC1NC(=O)/C=C/C(=O)N[C@H](C(N)=O)CCCCNC(=O)[C@@H](Cc2ccc(C(=O)c3ccccc3)cc2)NC(=O)C(CC2CCCCC2)NC1=O. The lowest BCUT2D eigenvalue weighted by molar-refractivity contribution is -0.133. The molecular formula is C41H55N7O7. The van der Waals surface area contributed by atoms with Crippen molar-refractivity contribution in [3.8, 4) is 0 Å². The summed E-state index contributed by atoms with van der Waals surface area (Å²) in [6.45, 7) is 0.591. The number of carbonyl (C=O) groups excluding carboxylic acids is 7. The van der Waals surface area contributed by atoms with Gasteiger partial charge >= 0.3 is 0 Å². The van der Waals surface area contributed by atoms with Crippen molar-refractivity contribution in [2.75, 3.05) is 13.1 Å². The molecule has 2 aromatic rings. The van der Waals surface area contributed by atoms with E-state index in [1.807, 2.05) is 6.07 Å². The second-order valence-corrected chi connectivity index (χ2v) is 14.4. The second kappa shape index (κ2) is 22.1. The molecule has 4 rings (SSSR count). The van der Waals surface area contributed by atoms with Gasteiger partial charge in [0.15, 0.2) is 5.78 Å². The molecule has 0 spiro atoms. The normalized spacial score (nSPS) is 23.3. The van der Waals surface area contributed by atoms with E-state index >= 15 is 0 Å². The topological polar surface area (TPSA) is 232 Å². The molecule has 0 aromatic heterocycles. The number of primary amides is 1. The Hall–Kier alpha value is -5.37. The van der Waals surface area contributed by atoms with Crippen LogP contribution in [0.25, 0.3) is 0 Å². The minimum Gasteiger partial charge on any atom is -0.368 e. The predicted molar refractivity (Wildman–Crippen MR) is 207 cm³/mol. The summed E-state index contributed by atoms with van der Waals surface area (Å²) in [6.07, 6.45) is 9.70. The van der Waals surface area contributed by atoms with Crippen LogP contribution < -0.4 is 38.1 Å². The van der Waals surface area contributed by atoms with Crippen LogP contribution in [-0.2, 0) is 35.2 Å². The van der Waals surface area contributed by atoms with Gasteiger partial charge in [-0.05, 0) is 63.0 Å². The van der Waals surface area contributed by atoms with Crippen molar-refractivity contribution >= 4 is 41.2 Å². The van der Waals surface area contributed by atoms with E-state index in [0.717, 1.165) is 44.3 Å². The highest BCUT2D eigenvalue weighted by molar-refractivity contribution is 6.09. The minimum atomic E-state index is -1.05. The fraction of sp³-hybridized carbons (Fsp3) is 0.488. The Morgan fingerprint density at radius 2 is 1.25 bits per heavy atom. The molecule has 1 aliphatic heterocycles. The fourth-order valence-corrected chi connectivity index (χ4v) is 6.97. The second-order valence-electron chi connectivity index (χ2n) is 14.4. The number of hydrogen-bond donors (Lipinski definition) is 7. The van der Waals surface area contributed by atoms with E-state index in [-0.39, 0.29) is 37.5 Å². The lowest BCUT2D eigenvalue weighted by atomic mass is 9.84. The van der Waals surface area contributed by atoms with Gasteiger partial charge in [-0.25, -0.2) is 0 Å². The first-order valence-corrected chi connectivity index (χ1v) is 19.4. The van der Waals surface area contributed by atoms with Gasteiger partial charge in [-0.2, -0.15) is 0 Å². The predicted octanol–water partition coefficient (Wildman–Crippen LogP) is 1.84. The van der Waals surface area contributed by atoms with E-state index < -0.39 is 59.6 Å². The highest BCUT2D eigenvalue weighted by Crippen LogP contribution is 2.27. The lowest BCUT2D eigenvalue weighted by Crippen LogP contribution is -2.57. The van der Waals surface area contributed by atoms with Crippen molar-refractivity contribution in [1.29, 1.82) is 0 Å².